The average molecular weight is 317 g/mol. The molecule has 0 radical (unpaired) electrons. The van der Waals surface area contributed by atoms with Crippen molar-refractivity contribution >= 4 is 46.2 Å². The van der Waals surface area contributed by atoms with E-state index in [0.29, 0.717) is 9.21 Å². The number of carbonyl (C=O) groups excluding carboxylic acids is 1. The van der Waals surface area contributed by atoms with Crippen LogP contribution in [-0.4, -0.2) is 22.0 Å². The van der Waals surface area contributed by atoms with Gasteiger partial charge in [0, 0.05) is 10.3 Å². The highest BCUT2D eigenvalue weighted by molar-refractivity contribution is 7.16. The number of aliphatic carboxylic acids is 1. The molecule has 2 N–H and O–H groups in total. The van der Waals surface area contributed by atoms with Crippen LogP contribution in [0.2, 0.25) is 4.34 Å². The summed E-state index contributed by atoms with van der Waals surface area (Å²) < 4.78 is 0.549. The maximum atomic E-state index is 11.9. The minimum atomic E-state index is -0.992. The molecule has 0 spiro atoms. The fourth-order valence-corrected chi connectivity index (χ4v) is 3.11. The van der Waals surface area contributed by atoms with Crippen molar-refractivity contribution in [2.24, 2.45) is 0 Å². The minimum absolute atomic E-state index is 0.202. The van der Waals surface area contributed by atoms with Crippen LogP contribution in [0.3, 0.4) is 0 Å². The van der Waals surface area contributed by atoms with Crippen molar-refractivity contribution in [3.8, 4) is 0 Å². The van der Waals surface area contributed by atoms with Gasteiger partial charge in [-0.15, -0.1) is 22.7 Å². The number of carboxylic acids is 1. The molecule has 0 aromatic carbocycles. The molecule has 0 saturated carbocycles. The smallest absolute Gasteiger partial charge is 0.305 e. The van der Waals surface area contributed by atoms with Gasteiger partial charge >= 0.3 is 5.97 Å². The SMILES string of the molecule is O=C(O)CC(NC(=O)c1cscn1)c1ccc(Cl)s1. The van der Waals surface area contributed by atoms with Crippen molar-refractivity contribution in [3.63, 3.8) is 0 Å². The van der Waals surface area contributed by atoms with Gasteiger partial charge in [0.2, 0.25) is 0 Å². The molecule has 0 fully saturated rings. The quantitative estimate of drug-likeness (QED) is 0.889. The monoisotopic (exact) mass is 316 g/mol. The highest BCUT2D eigenvalue weighted by Gasteiger charge is 2.21. The first-order chi connectivity index (χ1) is 9.06. The Balaban J connectivity index is 2.14. The molecule has 0 aliphatic heterocycles. The number of aromatic nitrogens is 1. The van der Waals surface area contributed by atoms with E-state index in [-0.39, 0.29) is 12.1 Å². The molecule has 100 valence electrons. The van der Waals surface area contributed by atoms with Crippen molar-refractivity contribution in [3.05, 3.63) is 37.9 Å². The molecule has 2 heterocycles. The number of hydrogen-bond donors (Lipinski definition) is 2. The zero-order chi connectivity index (χ0) is 13.8. The van der Waals surface area contributed by atoms with Crippen LogP contribution in [0.25, 0.3) is 0 Å². The van der Waals surface area contributed by atoms with Crippen molar-refractivity contribution in [2.75, 3.05) is 0 Å². The summed E-state index contributed by atoms with van der Waals surface area (Å²) in [6.07, 6.45) is -0.202. The Morgan fingerprint density at radius 1 is 1.47 bits per heavy atom. The number of hydrogen-bond acceptors (Lipinski definition) is 5. The Morgan fingerprint density at radius 2 is 2.26 bits per heavy atom. The number of carbonyl (C=O) groups is 2. The lowest BCUT2D eigenvalue weighted by Gasteiger charge is -2.14. The lowest BCUT2D eigenvalue weighted by atomic mass is 10.1. The van der Waals surface area contributed by atoms with E-state index >= 15 is 0 Å². The van der Waals surface area contributed by atoms with Gasteiger partial charge in [0.15, 0.2) is 0 Å². The fraction of sp³-hybridized carbons (Fsp3) is 0.182. The second-order valence-electron chi connectivity index (χ2n) is 3.64. The average Bonchev–Trinajstić information content (AvgIpc) is 2.97. The first-order valence-electron chi connectivity index (χ1n) is 5.22. The summed E-state index contributed by atoms with van der Waals surface area (Å²) >= 11 is 8.37. The molecule has 0 saturated heterocycles. The number of nitrogens with zero attached hydrogens (tertiary/aromatic N) is 1. The summed E-state index contributed by atoms with van der Waals surface area (Å²) in [5, 5.41) is 13.2. The maximum absolute atomic E-state index is 11.9. The van der Waals surface area contributed by atoms with E-state index in [9.17, 15) is 9.59 Å². The topological polar surface area (TPSA) is 79.3 Å². The normalized spacial score (nSPS) is 12.1. The third-order valence-electron chi connectivity index (χ3n) is 2.29. The number of nitrogens with one attached hydrogen (secondary N) is 1. The van der Waals surface area contributed by atoms with Crippen LogP contribution in [0.4, 0.5) is 0 Å². The highest BCUT2D eigenvalue weighted by atomic mass is 35.5. The molecule has 1 unspecified atom stereocenters. The lowest BCUT2D eigenvalue weighted by molar-refractivity contribution is -0.137. The van der Waals surface area contributed by atoms with Gasteiger partial charge in [0.1, 0.15) is 5.69 Å². The van der Waals surface area contributed by atoms with Gasteiger partial charge < -0.3 is 10.4 Å². The molecule has 1 amide bonds. The predicted molar refractivity (Wildman–Crippen MR) is 73.9 cm³/mol. The number of thiazole rings is 1. The third-order valence-corrected chi connectivity index (χ3v) is 4.22. The van der Waals surface area contributed by atoms with E-state index in [2.05, 4.69) is 10.3 Å². The number of rotatable bonds is 5. The maximum Gasteiger partial charge on any atom is 0.305 e. The van der Waals surface area contributed by atoms with Crippen LogP contribution in [-0.2, 0) is 4.79 Å². The Hall–Kier alpha value is -1.44. The minimum Gasteiger partial charge on any atom is -0.481 e. The van der Waals surface area contributed by atoms with Gasteiger partial charge in [-0.2, -0.15) is 0 Å². The summed E-state index contributed by atoms with van der Waals surface area (Å²) in [6.45, 7) is 0. The van der Waals surface area contributed by atoms with Crippen LogP contribution in [0.15, 0.2) is 23.0 Å². The molecule has 0 aliphatic rings. The van der Waals surface area contributed by atoms with Crippen molar-refractivity contribution in [1.29, 1.82) is 0 Å². The van der Waals surface area contributed by atoms with E-state index in [1.807, 2.05) is 0 Å². The van der Waals surface area contributed by atoms with E-state index in [4.69, 9.17) is 16.7 Å². The van der Waals surface area contributed by atoms with Crippen LogP contribution in [0.1, 0.15) is 27.8 Å². The predicted octanol–water partition coefficient (Wildman–Crippen LogP) is 2.80. The third kappa shape index (κ3) is 3.76. The Kier molecular flexibility index (Phi) is 4.52. The first-order valence-corrected chi connectivity index (χ1v) is 7.36. The largest absolute Gasteiger partial charge is 0.481 e. The van der Waals surface area contributed by atoms with Crippen LogP contribution in [0.5, 0.6) is 0 Å². The molecular formula is C11H9ClN2O3S2. The fourth-order valence-electron chi connectivity index (χ4n) is 1.47. The van der Waals surface area contributed by atoms with E-state index < -0.39 is 17.9 Å². The lowest BCUT2D eigenvalue weighted by Crippen LogP contribution is -2.29. The van der Waals surface area contributed by atoms with Crippen molar-refractivity contribution < 1.29 is 14.7 Å². The van der Waals surface area contributed by atoms with E-state index in [1.54, 1.807) is 23.0 Å². The van der Waals surface area contributed by atoms with Crippen LogP contribution < -0.4 is 5.32 Å². The highest BCUT2D eigenvalue weighted by Crippen LogP contribution is 2.29. The summed E-state index contributed by atoms with van der Waals surface area (Å²) in [5.74, 6) is -1.38. The summed E-state index contributed by atoms with van der Waals surface area (Å²) in [7, 11) is 0. The molecule has 5 nitrogen and oxygen atoms in total. The van der Waals surface area contributed by atoms with Crippen LogP contribution in [0, 0.1) is 0 Å². The van der Waals surface area contributed by atoms with Crippen molar-refractivity contribution in [2.45, 2.75) is 12.5 Å². The molecular weight excluding hydrogens is 308 g/mol. The summed E-state index contributed by atoms with van der Waals surface area (Å²) in [6, 6.07) is 2.78. The van der Waals surface area contributed by atoms with E-state index in [1.165, 1.54) is 22.7 Å². The van der Waals surface area contributed by atoms with Gasteiger partial charge in [-0.05, 0) is 12.1 Å². The molecule has 19 heavy (non-hydrogen) atoms. The second-order valence-corrected chi connectivity index (χ2v) is 6.10. The van der Waals surface area contributed by atoms with Gasteiger partial charge in [0.05, 0.1) is 22.3 Å². The number of amides is 1. The van der Waals surface area contributed by atoms with Gasteiger partial charge in [0.25, 0.3) is 5.91 Å². The number of carboxylic acid groups (broad SMARTS) is 1. The molecule has 2 aromatic rings. The van der Waals surface area contributed by atoms with Gasteiger partial charge in [-0.1, -0.05) is 11.6 Å². The Labute approximate surface area is 121 Å². The second kappa shape index (κ2) is 6.14. The molecule has 2 aromatic heterocycles. The molecule has 8 heteroatoms. The number of halogens is 1. The molecule has 0 aliphatic carbocycles. The molecule has 2 rings (SSSR count). The first kappa shape index (κ1) is 14.0. The van der Waals surface area contributed by atoms with E-state index in [0.717, 1.165) is 0 Å². The zero-order valence-electron chi connectivity index (χ0n) is 9.50. The van der Waals surface area contributed by atoms with Crippen molar-refractivity contribution in [1.82, 2.24) is 10.3 Å². The Morgan fingerprint density at radius 3 is 2.79 bits per heavy atom. The van der Waals surface area contributed by atoms with Gasteiger partial charge in [-0.3, -0.25) is 9.59 Å². The molecule has 0 bridgehead atoms. The summed E-state index contributed by atoms with van der Waals surface area (Å²) in [5.41, 5.74) is 1.83. The van der Waals surface area contributed by atoms with Crippen LogP contribution >= 0.6 is 34.3 Å². The molecule has 1 atom stereocenters. The Bertz CT molecular complexity index is 583. The summed E-state index contributed by atoms with van der Waals surface area (Å²) in [4.78, 5) is 27.3. The van der Waals surface area contributed by atoms with Gasteiger partial charge in [-0.25, -0.2) is 4.98 Å². The zero-order valence-corrected chi connectivity index (χ0v) is 11.9. The standard InChI is InChI=1S/C11H9ClN2O3S2/c12-9-2-1-8(19-9)6(3-10(15)16)14-11(17)7-4-18-5-13-7/h1-2,4-6H,3H2,(H,14,17)(H,15,16). The number of thiophene rings is 1.